The summed E-state index contributed by atoms with van der Waals surface area (Å²) in [6.45, 7) is 0.579. The lowest BCUT2D eigenvalue weighted by molar-refractivity contribution is -0.142. The molecule has 0 bridgehead atoms. The summed E-state index contributed by atoms with van der Waals surface area (Å²) < 4.78 is 0. The van der Waals surface area contributed by atoms with Crippen LogP contribution >= 0.6 is 24.2 Å². The molecule has 1 aromatic heterocycles. The smallest absolute Gasteiger partial charge is 0.326 e. The number of carbonyl (C=O) groups excluding carboxylic acids is 1. The molecule has 29 heavy (non-hydrogen) atoms. The van der Waals surface area contributed by atoms with Gasteiger partial charge in [0.25, 0.3) is 0 Å². The highest BCUT2D eigenvalue weighted by molar-refractivity contribution is 7.80. The Morgan fingerprint density at radius 3 is 2.79 bits per heavy atom. The molecule has 1 aliphatic rings. The van der Waals surface area contributed by atoms with Gasteiger partial charge in [0.05, 0.1) is 6.04 Å². The summed E-state index contributed by atoms with van der Waals surface area (Å²) >= 11 is 10.2. The zero-order valence-electron chi connectivity index (χ0n) is 15.8. The number of H-pyrrole nitrogens is 1. The Hall–Kier alpha value is -2.22. The minimum absolute atomic E-state index is 0.193. The highest BCUT2D eigenvalue weighted by atomic mass is 35.5. The molecule has 0 saturated heterocycles. The van der Waals surface area contributed by atoms with Gasteiger partial charge in [-0.1, -0.05) is 42.0 Å². The van der Waals surface area contributed by atoms with Crippen LogP contribution in [0.5, 0.6) is 0 Å². The molecule has 1 aromatic carbocycles. The standard InChI is InChI=1S/C21H24ClN3O3S/c22-15-7-5-13(6-8-15)10-23-19(12-29)20(26)25-18(21(27)28)9-14-11-24-17-4-2-1-3-16(14)17/h1-5,7-8,11,13,18-19,23-24,29H,6,9-10,12H2,(H,25,26)(H,27,28)/t13?,18-,19-/m0/s1. The fourth-order valence-electron chi connectivity index (χ4n) is 3.32. The fourth-order valence-corrected chi connectivity index (χ4v) is 3.77. The Balaban J connectivity index is 1.60. The Labute approximate surface area is 179 Å². The normalized spacial score (nSPS) is 18.3. The number of carboxylic acid groups (broad SMARTS) is 1. The lowest BCUT2D eigenvalue weighted by Gasteiger charge is -2.22. The molecule has 1 heterocycles. The first-order valence-electron chi connectivity index (χ1n) is 9.44. The molecule has 0 spiro atoms. The van der Waals surface area contributed by atoms with Crippen molar-refractivity contribution in [3.05, 3.63) is 59.3 Å². The summed E-state index contributed by atoms with van der Waals surface area (Å²) in [5.74, 6) is -0.954. The van der Waals surface area contributed by atoms with Crippen molar-refractivity contribution in [2.45, 2.75) is 24.9 Å². The predicted molar refractivity (Wildman–Crippen MR) is 118 cm³/mol. The largest absolute Gasteiger partial charge is 0.480 e. The highest BCUT2D eigenvalue weighted by Gasteiger charge is 2.26. The van der Waals surface area contributed by atoms with Crippen molar-refractivity contribution in [1.82, 2.24) is 15.6 Å². The molecular formula is C21H24ClN3O3S. The van der Waals surface area contributed by atoms with Crippen molar-refractivity contribution in [1.29, 1.82) is 0 Å². The number of aromatic amines is 1. The Morgan fingerprint density at radius 2 is 2.10 bits per heavy atom. The van der Waals surface area contributed by atoms with Crippen LogP contribution in [0, 0.1) is 5.92 Å². The number of benzene rings is 1. The Kier molecular flexibility index (Phi) is 7.41. The predicted octanol–water partition coefficient (Wildman–Crippen LogP) is 2.87. The van der Waals surface area contributed by atoms with Gasteiger partial charge in [-0.25, -0.2) is 4.79 Å². The first-order valence-corrected chi connectivity index (χ1v) is 10.4. The molecule has 1 unspecified atom stereocenters. The van der Waals surface area contributed by atoms with Gasteiger partial charge in [0.15, 0.2) is 0 Å². The maximum atomic E-state index is 12.7. The summed E-state index contributed by atoms with van der Waals surface area (Å²) in [5, 5.41) is 17.1. The number of hydrogen-bond acceptors (Lipinski definition) is 4. The second-order valence-corrected chi connectivity index (χ2v) is 7.85. The number of carbonyl (C=O) groups is 2. The van der Waals surface area contributed by atoms with Gasteiger partial charge >= 0.3 is 5.97 Å². The van der Waals surface area contributed by atoms with Crippen LogP contribution in [0.15, 0.2) is 53.7 Å². The van der Waals surface area contributed by atoms with E-state index in [1.54, 1.807) is 6.20 Å². The SMILES string of the molecule is O=C(O)[C@H](Cc1c[nH]c2ccccc12)NC(=O)[C@H](CS)NCC1C=CC(Cl)=CC1. The van der Waals surface area contributed by atoms with E-state index in [9.17, 15) is 14.7 Å². The van der Waals surface area contributed by atoms with Crippen LogP contribution < -0.4 is 10.6 Å². The van der Waals surface area contributed by atoms with Crippen molar-refractivity contribution < 1.29 is 14.7 Å². The van der Waals surface area contributed by atoms with E-state index in [2.05, 4.69) is 28.2 Å². The minimum atomic E-state index is -1.07. The molecule has 0 radical (unpaired) electrons. The van der Waals surface area contributed by atoms with E-state index in [1.807, 2.05) is 42.5 Å². The topological polar surface area (TPSA) is 94.2 Å². The molecule has 0 fully saturated rings. The van der Waals surface area contributed by atoms with Gasteiger partial charge in [-0.05, 0) is 30.0 Å². The molecule has 4 N–H and O–H groups in total. The van der Waals surface area contributed by atoms with Crippen molar-refractivity contribution in [3.63, 3.8) is 0 Å². The molecule has 0 aliphatic heterocycles. The average Bonchev–Trinajstić information content (AvgIpc) is 3.12. The van der Waals surface area contributed by atoms with Crippen LogP contribution in [-0.2, 0) is 16.0 Å². The number of aromatic nitrogens is 1. The number of carboxylic acids is 1. The van der Waals surface area contributed by atoms with E-state index in [-0.39, 0.29) is 24.0 Å². The van der Waals surface area contributed by atoms with Crippen molar-refractivity contribution >= 4 is 47.0 Å². The van der Waals surface area contributed by atoms with E-state index in [0.717, 1.165) is 22.9 Å². The van der Waals surface area contributed by atoms with Gasteiger partial charge in [0.2, 0.25) is 5.91 Å². The van der Waals surface area contributed by atoms with Gasteiger partial charge in [0, 0.05) is 40.9 Å². The minimum Gasteiger partial charge on any atom is -0.480 e. The fraction of sp³-hybridized carbons (Fsp3) is 0.333. The molecule has 3 rings (SSSR count). The lowest BCUT2D eigenvalue weighted by atomic mass is 10.0. The number of aliphatic carboxylic acids is 1. The number of allylic oxidation sites excluding steroid dienone is 3. The van der Waals surface area contributed by atoms with Crippen molar-refractivity contribution in [2.75, 3.05) is 12.3 Å². The van der Waals surface area contributed by atoms with Crippen LogP contribution in [0.4, 0.5) is 0 Å². The Morgan fingerprint density at radius 1 is 1.31 bits per heavy atom. The molecule has 1 amide bonds. The maximum Gasteiger partial charge on any atom is 0.326 e. The van der Waals surface area contributed by atoms with Gasteiger partial charge in [-0.15, -0.1) is 0 Å². The third-order valence-corrected chi connectivity index (χ3v) is 5.63. The van der Waals surface area contributed by atoms with Crippen molar-refractivity contribution in [3.8, 4) is 0 Å². The van der Waals surface area contributed by atoms with Crippen LogP contribution in [0.3, 0.4) is 0 Å². The Bertz CT molecular complexity index is 940. The summed E-state index contributed by atoms with van der Waals surface area (Å²) in [6.07, 6.45) is 8.55. The summed E-state index contributed by atoms with van der Waals surface area (Å²) in [7, 11) is 0. The van der Waals surface area contributed by atoms with Gasteiger partial charge in [-0.3, -0.25) is 4.79 Å². The second kappa shape index (κ2) is 10.0. The first-order chi connectivity index (χ1) is 14.0. The van der Waals surface area contributed by atoms with Gasteiger partial charge in [-0.2, -0.15) is 12.6 Å². The summed E-state index contributed by atoms with van der Waals surface area (Å²) in [5.41, 5.74) is 1.78. The number of rotatable bonds is 9. The second-order valence-electron chi connectivity index (χ2n) is 7.05. The van der Waals surface area contributed by atoms with E-state index in [0.29, 0.717) is 11.6 Å². The number of fused-ring (bicyclic) bond motifs is 1. The molecule has 2 aromatic rings. The summed E-state index contributed by atoms with van der Waals surface area (Å²) in [4.78, 5) is 27.5. The van der Waals surface area contributed by atoms with E-state index in [1.165, 1.54) is 0 Å². The third kappa shape index (κ3) is 5.65. The zero-order chi connectivity index (χ0) is 20.8. The number of halogens is 1. The van der Waals surface area contributed by atoms with Crippen LogP contribution in [0.2, 0.25) is 0 Å². The number of amides is 1. The first kappa shape index (κ1) is 21.5. The molecule has 6 nitrogen and oxygen atoms in total. The molecule has 3 atom stereocenters. The molecule has 154 valence electrons. The number of thiol groups is 1. The molecule has 1 aliphatic carbocycles. The molecule has 8 heteroatoms. The molecular weight excluding hydrogens is 410 g/mol. The third-order valence-electron chi connectivity index (χ3n) is 4.98. The number of hydrogen-bond donors (Lipinski definition) is 5. The maximum absolute atomic E-state index is 12.7. The highest BCUT2D eigenvalue weighted by Crippen LogP contribution is 2.20. The number of nitrogens with one attached hydrogen (secondary N) is 3. The zero-order valence-corrected chi connectivity index (χ0v) is 17.4. The van der Waals surface area contributed by atoms with E-state index in [4.69, 9.17) is 11.6 Å². The number of para-hydroxylation sites is 1. The molecule has 0 saturated carbocycles. The lowest BCUT2D eigenvalue weighted by Crippen LogP contribution is -2.52. The van der Waals surface area contributed by atoms with Crippen molar-refractivity contribution in [2.24, 2.45) is 5.92 Å². The van der Waals surface area contributed by atoms with Crippen LogP contribution in [-0.4, -0.2) is 46.3 Å². The monoisotopic (exact) mass is 433 g/mol. The van der Waals surface area contributed by atoms with Gasteiger partial charge < -0.3 is 20.7 Å². The average molecular weight is 434 g/mol. The summed E-state index contributed by atoms with van der Waals surface area (Å²) in [6, 6.07) is 6.05. The van der Waals surface area contributed by atoms with E-state index >= 15 is 0 Å². The van der Waals surface area contributed by atoms with Crippen LogP contribution in [0.25, 0.3) is 10.9 Å². The quantitative estimate of drug-likeness (QED) is 0.393. The van der Waals surface area contributed by atoms with Gasteiger partial charge in [0.1, 0.15) is 6.04 Å². The van der Waals surface area contributed by atoms with E-state index < -0.39 is 18.1 Å². The van der Waals surface area contributed by atoms with Crippen LogP contribution in [0.1, 0.15) is 12.0 Å².